The summed E-state index contributed by atoms with van der Waals surface area (Å²) in [6, 6.07) is 6.31. The van der Waals surface area contributed by atoms with E-state index in [1.165, 1.54) is 4.90 Å². The Morgan fingerprint density at radius 2 is 2.03 bits per heavy atom. The Kier molecular flexibility index (Phi) is 7.61. The van der Waals surface area contributed by atoms with Gasteiger partial charge in [-0.25, -0.2) is 14.6 Å². The maximum absolute atomic E-state index is 13.7. The Morgan fingerprint density at radius 3 is 2.66 bits per heavy atom. The normalized spacial score (nSPS) is 26.5. The largest absolute Gasteiger partial charge is 0.472 e. The van der Waals surface area contributed by atoms with Crippen molar-refractivity contribution >= 4 is 40.3 Å². The molecule has 2 heterocycles. The molecule has 1 saturated heterocycles. The van der Waals surface area contributed by atoms with Gasteiger partial charge in [0.15, 0.2) is 0 Å². The smallest absolute Gasteiger partial charge is 0.411 e. The number of fused-ring (bicyclic) bond motifs is 1. The topological polar surface area (TPSA) is 107 Å². The van der Waals surface area contributed by atoms with Gasteiger partial charge in [0.25, 0.3) is 0 Å². The molecule has 2 aliphatic rings. The van der Waals surface area contributed by atoms with Crippen LogP contribution in [0.4, 0.5) is 4.79 Å². The van der Waals surface area contributed by atoms with Crippen LogP contribution in [0.3, 0.4) is 0 Å². The number of halogens is 1. The van der Waals surface area contributed by atoms with E-state index in [1.54, 1.807) is 52.1 Å². The number of aromatic nitrogens is 1. The van der Waals surface area contributed by atoms with Gasteiger partial charge in [0, 0.05) is 28.4 Å². The lowest BCUT2D eigenvalue weighted by Gasteiger charge is -2.30. The predicted molar refractivity (Wildman–Crippen MR) is 143 cm³/mol. The average Bonchev–Trinajstić information content (AvgIpc) is 3.46. The summed E-state index contributed by atoms with van der Waals surface area (Å²) in [4.78, 5) is 45.5. The van der Waals surface area contributed by atoms with Crippen LogP contribution in [0.2, 0.25) is 5.02 Å². The van der Waals surface area contributed by atoms with E-state index in [0.717, 1.165) is 10.8 Å². The van der Waals surface area contributed by atoms with Crippen molar-refractivity contribution < 1.29 is 28.6 Å². The van der Waals surface area contributed by atoms with Crippen LogP contribution in [0.5, 0.6) is 5.88 Å². The second-order valence-corrected chi connectivity index (χ2v) is 11.2. The number of hydrogen-bond acceptors (Lipinski definition) is 7. The third kappa shape index (κ3) is 5.43. The highest BCUT2D eigenvalue weighted by Crippen LogP contribution is 2.46. The molecular weight excluding hydrogens is 510 g/mol. The van der Waals surface area contributed by atoms with Gasteiger partial charge in [-0.2, -0.15) is 0 Å². The summed E-state index contributed by atoms with van der Waals surface area (Å²) in [5, 5.41) is 5.02. The molecule has 0 radical (unpaired) electrons. The van der Waals surface area contributed by atoms with Gasteiger partial charge in [-0.15, -0.1) is 6.58 Å². The Balaban J connectivity index is 1.63. The Bertz CT molecular complexity index is 1260. The zero-order valence-corrected chi connectivity index (χ0v) is 23.1. The summed E-state index contributed by atoms with van der Waals surface area (Å²) < 4.78 is 17.2. The number of esters is 1. The first kappa shape index (κ1) is 27.7. The second-order valence-electron chi connectivity index (χ2n) is 10.8. The number of rotatable bonds is 7. The molecule has 1 aliphatic carbocycles. The first-order valence-corrected chi connectivity index (χ1v) is 13.1. The zero-order chi connectivity index (χ0) is 27.8. The highest BCUT2D eigenvalue weighted by molar-refractivity contribution is 6.31. The van der Waals surface area contributed by atoms with E-state index in [9.17, 15) is 14.4 Å². The summed E-state index contributed by atoms with van der Waals surface area (Å²) in [6.07, 6.45) is 2.42. The molecule has 204 valence electrons. The number of nitrogens with zero attached hydrogens (tertiary/aromatic N) is 2. The van der Waals surface area contributed by atoms with Crippen molar-refractivity contribution in [2.45, 2.75) is 64.3 Å². The minimum absolute atomic E-state index is 0.0874. The van der Waals surface area contributed by atoms with E-state index in [1.807, 2.05) is 19.1 Å². The predicted octanol–water partition coefficient (Wildman–Crippen LogP) is 4.52. The molecule has 1 aromatic heterocycles. The number of amides is 2. The van der Waals surface area contributed by atoms with Gasteiger partial charge in [-0.3, -0.25) is 9.69 Å². The molecule has 10 heteroatoms. The minimum Gasteiger partial charge on any atom is -0.472 e. The van der Waals surface area contributed by atoms with Crippen LogP contribution in [-0.2, 0) is 19.1 Å². The van der Waals surface area contributed by atoms with Crippen LogP contribution in [0.15, 0.2) is 43.1 Å². The van der Waals surface area contributed by atoms with Crippen molar-refractivity contribution in [2.24, 2.45) is 11.8 Å². The summed E-state index contributed by atoms with van der Waals surface area (Å²) >= 11 is 6.22. The molecule has 4 rings (SSSR count). The van der Waals surface area contributed by atoms with E-state index in [-0.39, 0.29) is 19.1 Å². The SMILES string of the molecule is C=C[C@@H]1C[C@]1(NC(=O)[C@@H]1[C@H](C)[C@@H](Oc2nccc3ccc(Cl)cc23)CN1C(=O)OC(C)(C)C)C(=O)OCC. The summed E-state index contributed by atoms with van der Waals surface area (Å²) in [6.45, 7) is 12.8. The van der Waals surface area contributed by atoms with E-state index >= 15 is 0 Å². The fourth-order valence-electron chi connectivity index (χ4n) is 4.90. The number of likely N-dealkylation sites (tertiary alicyclic amines) is 1. The standard InChI is InChI=1S/C28H34ClN3O6/c1-7-18-14-28(18,25(34)36-8-2)31-23(33)22-16(3)21(15-32(22)26(35)38-27(4,5)6)37-24-20-13-19(29)10-9-17(20)11-12-30-24/h7,9-13,16,18,21-22H,1,8,14-15H2,2-6H3,(H,31,33)/t16-,18-,21+,22+,28-/m1/s1. The van der Waals surface area contributed by atoms with Crippen LogP contribution in [-0.4, -0.2) is 64.3 Å². The van der Waals surface area contributed by atoms with Crippen molar-refractivity contribution in [1.82, 2.24) is 15.2 Å². The van der Waals surface area contributed by atoms with Gasteiger partial charge >= 0.3 is 12.1 Å². The van der Waals surface area contributed by atoms with Gasteiger partial charge < -0.3 is 19.5 Å². The lowest BCUT2D eigenvalue weighted by atomic mass is 9.99. The molecule has 0 spiro atoms. The number of nitrogens with one attached hydrogen (secondary N) is 1. The van der Waals surface area contributed by atoms with E-state index in [2.05, 4.69) is 16.9 Å². The monoisotopic (exact) mass is 543 g/mol. The molecule has 1 aromatic carbocycles. The summed E-state index contributed by atoms with van der Waals surface area (Å²) in [5.74, 6) is -1.37. The first-order valence-electron chi connectivity index (χ1n) is 12.7. The van der Waals surface area contributed by atoms with E-state index < -0.39 is 47.2 Å². The zero-order valence-electron chi connectivity index (χ0n) is 22.3. The van der Waals surface area contributed by atoms with Crippen LogP contribution >= 0.6 is 11.6 Å². The van der Waals surface area contributed by atoms with Gasteiger partial charge in [0.1, 0.15) is 23.3 Å². The van der Waals surface area contributed by atoms with Crippen molar-refractivity contribution in [3.63, 3.8) is 0 Å². The van der Waals surface area contributed by atoms with E-state index in [4.69, 9.17) is 25.8 Å². The first-order chi connectivity index (χ1) is 17.9. The summed E-state index contributed by atoms with van der Waals surface area (Å²) in [7, 11) is 0. The average molecular weight is 544 g/mol. The van der Waals surface area contributed by atoms with Gasteiger partial charge in [-0.05, 0) is 57.7 Å². The van der Waals surface area contributed by atoms with Crippen molar-refractivity contribution in [1.29, 1.82) is 0 Å². The number of hydrogen-bond donors (Lipinski definition) is 1. The van der Waals surface area contributed by atoms with E-state index in [0.29, 0.717) is 17.3 Å². The van der Waals surface area contributed by atoms with Crippen molar-refractivity contribution in [3.8, 4) is 5.88 Å². The number of benzene rings is 1. The molecule has 0 bridgehead atoms. The molecular formula is C28H34ClN3O6. The molecule has 2 fully saturated rings. The third-order valence-corrected chi connectivity index (χ3v) is 7.17. The fourth-order valence-corrected chi connectivity index (χ4v) is 5.07. The van der Waals surface area contributed by atoms with Gasteiger partial charge in [0.05, 0.1) is 13.2 Å². The van der Waals surface area contributed by atoms with Crippen molar-refractivity contribution in [2.75, 3.05) is 13.2 Å². The minimum atomic E-state index is -1.19. The Labute approximate surface area is 227 Å². The maximum Gasteiger partial charge on any atom is 0.411 e. The molecule has 9 nitrogen and oxygen atoms in total. The lowest BCUT2D eigenvalue weighted by Crippen LogP contribution is -2.55. The quantitative estimate of drug-likeness (QED) is 0.404. The van der Waals surface area contributed by atoms with Gasteiger partial charge in [-0.1, -0.05) is 30.7 Å². The number of ether oxygens (including phenoxy) is 3. The van der Waals surface area contributed by atoms with Crippen LogP contribution < -0.4 is 10.1 Å². The second kappa shape index (κ2) is 10.4. The fraction of sp³-hybridized carbons (Fsp3) is 0.500. The van der Waals surface area contributed by atoms with Crippen LogP contribution in [0.25, 0.3) is 10.8 Å². The van der Waals surface area contributed by atoms with Crippen molar-refractivity contribution in [3.05, 3.63) is 48.1 Å². The van der Waals surface area contributed by atoms with Gasteiger partial charge in [0.2, 0.25) is 11.8 Å². The molecule has 1 saturated carbocycles. The molecule has 38 heavy (non-hydrogen) atoms. The maximum atomic E-state index is 13.7. The van der Waals surface area contributed by atoms with Crippen LogP contribution in [0, 0.1) is 11.8 Å². The number of carbonyl (C=O) groups excluding carboxylic acids is 3. The molecule has 1 aliphatic heterocycles. The van der Waals surface area contributed by atoms with Crippen LogP contribution in [0.1, 0.15) is 41.0 Å². The molecule has 2 amide bonds. The molecule has 0 unspecified atom stereocenters. The Hall–Kier alpha value is -3.33. The highest BCUT2D eigenvalue weighted by atomic mass is 35.5. The Morgan fingerprint density at radius 1 is 1.29 bits per heavy atom. The third-order valence-electron chi connectivity index (χ3n) is 6.93. The summed E-state index contributed by atoms with van der Waals surface area (Å²) in [5.41, 5.74) is -1.97. The highest BCUT2D eigenvalue weighted by Gasteiger charge is 2.62. The lowest BCUT2D eigenvalue weighted by molar-refractivity contribution is -0.149. The number of pyridine rings is 1. The molecule has 5 atom stereocenters. The number of carbonyl (C=O) groups is 3. The molecule has 2 aromatic rings. The molecule has 1 N–H and O–H groups in total.